The van der Waals surface area contributed by atoms with Gasteiger partial charge < -0.3 is 16.0 Å². The molecule has 36 heavy (non-hydrogen) atoms. The number of rotatable bonds is 6. The standard InChI is InChI=1S/C28H31N5OS2/c1-35-21-8-7-19-15-28(26(29)23(19)14-21)9-11-33(12-10-28)24-16-31-25(17-30-24)36-22-4-2-3-20(13-22)32-27(34)18-5-6-18/h2-4,7-8,13-14,16-18,26H,5-6,9-12,15,29H2,1H3,(H,32,34)/t26-/m1/s1. The first-order chi connectivity index (χ1) is 17.5. The predicted octanol–water partition coefficient (Wildman–Crippen LogP) is 5.54. The van der Waals surface area contributed by atoms with E-state index in [1.807, 2.05) is 36.7 Å². The Labute approximate surface area is 220 Å². The van der Waals surface area contributed by atoms with Crippen LogP contribution in [0.2, 0.25) is 0 Å². The number of piperidine rings is 1. The van der Waals surface area contributed by atoms with Gasteiger partial charge in [0.05, 0.1) is 12.4 Å². The number of benzene rings is 2. The van der Waals surface area contributed by atoms with Crippen molar-refractivity contribution in [1.82, 2.24) is 9.97 Å². The van der Waals surface area contributed by atoms with E-state index in [0.717, 1.165) is 66.6 Å². The zero-order valence-electron chi connectivity index (χ0n) is 20.4. The second-order valence-corrected chi connectivity index (χ2v) is 12.1. The first-order valence-electron chi connectivity index (χ1n) is 12.6. The van der Waals surface area contributed by atoms with Crippen LogP contribution >= 0.6 is 23.5 Å². The number of carbonyl (C=O) groups excluding carboxylic acids is 1. The Morgan fingerprint density at radius 2 is 1.92 bits per heavy atom. The van der Waals surface area contributed by atoms with Crippen molar-refractivity contribution in [2.45, 2.75) is 53.0 Å². The van der Waals surface area contributed by atoms with Gasteiger partial charge in [-0.25, -0.2) is 9.97 Å². The van der Waals surface area contributed by atoms with Crippen molar-refractivity contribution in [3.05, 3.63) is 66.0 Å². The second-order valence-electron chi connectivity index (χ2n) is 10.2. The lowest BCUT2D eigenvalue weighted by atomic mass is 9.73. The lowest BCUT2D eigenvalue weighted by Gasteiger charge is -2.42. The molecule has 6 nitrogen and oxygen atoms in total. The van der Waals surface area contributed by atoms with Crippen molar-refractivity contribution in [3.8, 4) is 0 Å². The molecule has 1 atom stereocenters. The van der Waals surface area contributed by atoms with Crippen molar-refractivity contribution in [1.29, 1.82) is 0 Å². The van der Waals surface area contributed by atoms with Gasteiger partial charge in [0.1, 0.15) is 10.8 Å². The fourth-order valence-corrected chi connectivity index (χ4v) is 6.75. The Morgan fingerprint density at radius 1 is 1.08 bits per heavy atom. The summed E-state index contributed by atoms with van der Waals surface area (Å²) in [4.78, 5) is 26.1. The van der Waals surface area contributed by atoms with E-state index in [-0.39, 0.29) is 23.3 Å². The zero-order valence-corrected chi connectivity index (χ0v) is 22.1. The summed E-state index contributed by atoms with van der Waals surface area (Å²) < 4.78 is 0. The molecule has 2 fully saturated rings. The monoisotopic (exact) mass is 517 g/mol. The van der Waals surface area contributed by atoms with E-state index in [9.17, 15) is 4.79 Å². The number of amides is 1. The molecule has 1 saturated heterocycles. The molecule has 6 rings (SSSR count). The molecule has 8 heteroatoms. The third kappa shape index (κ3) is 4.74. The molecule has 1 aliphatic heterocycles. The lowest BCUT2D eigenvalue weighted by Crippen LogP contribution is -2.44. The van der Waals surface area contributed by atoms with Gasteiger partial charge in [0.2, 0.25) is 5.91 Å². The fraction of sp³-hybridized carbons (Fsp3) is 0.393. The van der Waals surface area contributed by atoms with Gasteiger partial charge in [0, 0.05) is 40.5 Å². The average Bonchev–Trinajstić information content (AvgIpc) is 3.72. The largest absolute Gasteiger partial charge is 0.355 e. The summed E-state index contributed by atoms with van der Waals surface area (Å²) >= 11 is 3.34. The van der Waals surface area contributed by atoms with E-state index >= 15 is 0 Å². The summed E-state index contributed by atoms with van der Waals surface area (Å²) in [5, 5.41) is 3.86. The maximum Gasteiger partial charge on any atom is 0.227 e. The fourth-order valence-electron chi connectivity index (χ4n) is 5.51. The minimum Gasteiger partial charge on any atom is -0.355 e. The first kappa shape index (κ1) is 23.8. The minimum absolute atomic E-state index is 0.108. The number of nitrogens with zero attached hydrogens (tertiary/aromatic N) is 3. The van der Waals surface area contributed by atoms with Crippen LogP contribution in [0.4, 0.5) is 11.5 Å². The van der Waals surface area contributed by atoms with Gasteiger partial charge in [-0.3, -0.25) is 4.79 Å². The van der Waals surface area contributed by atoms with Gasteiger partial charge in [-0.15, -0.1) is 11.8 Å². The van der Waals surface area contributed by atoms with Gasteiger partial charge in [0.25, 0.3) is 0 Å². The van der Waals surface area contributed by atoms with Gasteiger partial charge >= 0.3 is 0 Å². The highest BCUT2D eigenvalue weighted by Gasteiger charge is 2.46. The predicted molar refractivity (Wildman–Crippen MR) is 147 cm³/mol. The molecule has 3 aliphatic rings. The quantitative estimate of drug-likeness (QED) is 0.415. The molecule has 0 bridgehead atoms. The summed E-state index contributed by atoms with van der Waals surface area (Å²) in [7, 11) is 0. The summed E-state index contributed by atoms with van der Waals surface area (Å²) in [6.07, 6.45) is 11.1. The maximum absolute atomic E-state index is 12.1. The van der Waals surface area contributed by atoms with Gasteiger partial charge in [-0.05, 0) is 85.2 Å². The highest BCUT2D eigenvalue weighted by Crippen LogP contribution is 2.51. The number of thioether (sulfide) groups is 1. The van der Waals surface area contributed by atoms with Crippen molar-refractivity contribution in [3.63, 3.8) is 0 Å². The molecule has 0 radical (unpaired) electrons. The zero-order chi connectivity index (χ0) is 24.7. The smallest absolute Gasteiger partial charge is 0.227 e. The van der Waals surface area contributed by atoms with E-state index < -0.39 is 0 Å². The Hall–Kier alpha value is -2.55. The Morgan fingerprint density at radius 3 is 2.64 bits per heavy atom. The van der Waals surface area contributed by atoms with Crippen molar-refractivity contribution in [2.75, 3.05) is 29.6 Å². The summed E-state index contributed by atoms with van der Waals surface area (Å²) in [6.45, 7) is 1.89. The van der Waals surface area contributed by atoms with Gasteiger partial charge in [-0.2, -0.15) is 0 Å². The van der Waals surface area contributed by atoms with E-state index in [4.69, 9.17) is 10.7 Å². The van der Waals surface area contributed by atoms with Gasteiger partial charge in [0.15, 0.2) is 0 Å². The molecule has 2 aliphatic carbocycles. The molecule has 2 aromatic carbocycles. The molecule has 1 spiro atoms. The molecule has 2 heterocycles. The first-order valence-corrected chi connectivity index (χ1v) is 14.7. The van der Waals surface area contributed by atoms with Crippen molar-refractivity contribution >= 4 is 40.9 Å². The number of anilines is 2. The Kier molecular flexibility index (Phi) is 6.44. The van der Waals surface area contributed by atoms with E-state index in [2.05, 4.69) is 39.7 Å². The second kappa shape index (κ2) is 9.72. The number of hydrogen-bond donors (Lipinski definition) is 2. The normalized spacial score (nSPS) is 20.4. The van der Waals surface area contributed by atoms with Crippen molar-refractivity contribution < 1.29 is 4.79 Å². The molecule has 1 aromatic heterocycles. The van der Waals surface area contributed by atoms with Crippen LogP contribution in [0.1, 0.15) is 42.9 Å². The van der Waals surface area contributed by atoms with Gasteiger partial charge in [-0.1, -0.05) is 23.9 Å². The Bertz CT molecular complexity index is 1270. The summed E-state index contributed by atoms with van der Waals surface area (Å²) in [6, 6.07) is 14.8. The number of hydrogen-bond acceptors (Lipinski definition) is 7. The number of nitrogens with one attached hydrogen (secondary N) is 1. The lowest BCUT2D eigenvalue weighted by molar-refractivity contribution is -0.117. The molecule has 0 unspecified atom stereocenters. The van der Waals surface area contributed by atoms with E-state index in [1.54, 1.807) is 23.5 Å². The topological polar surface area (TPSA) is 84.1 Å². The SMILES string of the molecule is CSc1ccc2c(c1)[C@@H](N)C1(CCN(c3cnc(Sc4cccc(NC(=O)C5CC5)c4)cn3)CC1)C2. The molecular formula is C28H31N5OS2. The van der Waals surface area contributed by atoms with Crippen LogP contribution in [0, 0.1) is 11.3 Å². The van der Waals surface area contributed by atoms with Crippen LogP contribution in [0.3, 0.4) is 0 Å². The van der Waals surface area contributed by atoms with Crippen LogP contribution in [0.15, 0.2) is 69.7 Å². The summed E-state index contributed by atoms with van der Waals surface area (Å²) in [5.74, 6) is 1.24. The number of aromatic nitrogens is 2. The molecular weight excluding hydrogens is 486 g/mol. The number of fused-ring (bicyclic) bond motifs is 1. The molecule has 1 amide bonds. The van der Waals surface area contributed by atoms with E-state index in [1.165, 1.54) is 16.0 Å². The van der Waals surface area contributed by atoms with E-state index in [0.29, 0.717) is 0 Å². The third-order valence-corrected chi connectivity index (χ3v) is 9.50. The Balaban J connectivity index is 1.07. The molecule has 3 N–H and O–H groups in total. The van der Waals surface area contributed by atoms with Crippen LogP contribution in [0.25, 0.3) is 0 Å². The average molecular weight is 518 g/mol. The number of carbonyl (C=O) groups is 1. The van der Waals surface area contributed by atoms with Crippen LogP contribution in [0.5, 0.6) is 0 Å². The van der Waals surface area contributed by atoms with Crippen LogP contribution in [-0.2, 0) is 11.2 Å². The maximum atomic E-state index is 12.1. The minimum atomic E-state index is 0.108. The molecule has 186 valence electrons. The molecule has 3 aromatic rings. The van der Waals surface area contributed by atoms with Crippen LogP contribution < -0.4 is 16.0 Å². The third-order valence-electron chi connectivity index (χ3n) is 7.86. The van der Waals surface area contributed by atoms with Crippen molar-refractivity contribution in [2.24, 2.45) is 17.1 Å². The summed E-state index contributed by atoms with van der Waals surface area (Å²) in [5.41, 5.74) is 10.6. The van der Waals surface area contributed by atoms with Crippen LogP contribution in [-0.4, -0.2) is 35.2 Å². The molecule has 1 saturated carbocycles. The number of nitrogens with two attached hydrogens (primary N) is 1. The highest BCUT2D eigenvalue weighted by atomic mass is 32.2. The highest BCUT2D eigenvalue weighted by molar-refractivity contribution is 7.99.